The fraction of sp³-hybridized carbons (Fsp3) is 0.0909. The van der Waals surface area contributed by atoms with Gasteiger partial charge in [0.25, 0.3) is 0 Å². The van der Waals surface area contributed by atoms with E-state index in [9.17, 15) is 4.79 Å². The van der Waals surface area contributed by atoms with E-state index < -0.39 is 5.97 Å². The molecule has 80 valence electrons. The number of carboxylic acid groups (broad SMARTS) is 1. The van der Waals surface area contributed by atoms with E-state index in [0.29, 0.717) is 28.0 Å². The molecule has 2 heterocycles. The first-order valence-corrected chi connectivity index (χ1v) is 4.67. The molecule has 0 fully saturated rings. The molecule has 1 aromatic carbocycles. The van der Waals surface area contributed by atoms with Gasteiger partial charge in [0.1, 0.15) is 11.1 Å². The number of rotatable bonds is 1. The molecule has 16 heavy (non-hydrogen) atoms. The van der Waals surface area contributed by atoms with Gasteiger partial charge in [-0.15, -0.1) is 0 Å². The lowest BCUT2D eigenvalue weighted by Gasteiger charge is -1.86. The predicted molar refractivity (Wildman–Crippen MR) is 55.5 cm³/mol. The molecule has 0 spiro atoms. The zero-order valence-corrected chi connectivity index (χ0v) is 8.35. The molecule has 1 N–H and O–H groups in total. The van der Waals surface area contributed by atoms with E-state index in [1.807, 2.05) is 0 Å². The van der Waals surface area contributed by atoms with Gasteiger partial charge < -0.3 is 13.9 Å². The van der Waals surface area contributed by atoms with Crippen molar-refractivity contribution in [1.82, 2.24) is 4.98 Å². The standard InChI is InChI=1S/C11H7NO4/c1-5-12-7-2-6-3-10(11(13)14)16-8(6)4-9(7)15-5/h2-4H,1H3,(H,13,14). The second-order valence-corrected chi connectivity index (χ2v) is 3.51. The van der Waals surface area contributed by atoms with Crippen LogP contribution in [0.4, 0.5) is 0 Å². The van der Waals surface area contributed by atoms with Crippen LogP contribution in [0.25, 0.3) is 22.1 Å². The Hall–Kier alpha value is -2.30. The third-order valence-corrected chi connectivity index (χ3v) is 2.34. The number of nitrogens with zero attached hydrogens (tertiary/aromatic N) is 1. The van der Waals surface area contributed by atoms with Gasteiger partial charge in [0.05, 0.1) is 0 Å². The topological polar surface area (TPSA) is 76.5 Å². The van der Waals surface area contributed by atoms with Crippen LogP contribution in [0.5, 0.6) is 0 Å². The van der Waals surface area contributed by atoms with Gasteiger partial charge in [0.15, 0.2) is 11.5 Å². The molecular weight excluding hydrogens is 210 g/mol. The molecule has 0 unspecified atom stereocenters. The molecule has 0 aliphatic heterocycles. The van der Waals surface area contributed by atoms with E-state index in [1.165, 1.54) is 6.07 Å². The number of oxazole rings is 1. The van der Waals surface area contributed by atoms with Crippen LogP contribution in [0.3, 0.4) is 0 Å². The van der Waals surface area contributed by atoms with Gasteiger partial charge in [-0.25, -0.2) is 9.78 Å². The Morgan fingerprint density at radius 1 is 1.25 bits per heavy atom. The van der Waals surface area contributed by atoms with Gasteiger partial charge in [0.2, 0.25) is 5.76 Å². The first-order chi connectivity index (χ1) is 7.63. The van der Waals surface area contributed by atoms with E-state index in [-0.39, 0.29) is 5.76 Å². The highest BCUT2D eigenvalue weighted by atomic mass is 16.4. The van der Waals surface area contributed by atoms with Gasteiger partial charge in [-0.3, -0.25) is 0 Å². The summed E-state index contributed by atoms with van der Waals surface area (Å²) >= 11 is 0. The molecule has 0 aliphatic rings. The Kier molecular flexibility index (Phi) is 1.60. The number of furan rings is 1. The van der Waals surface area contributed by atoms with Gasteiger partial charge in [-0.1, -0.05) is 0 Å². The molecule has 3 rings (SSSR count). The van der Waals surface area contributed by atoms with Crippen molar-refractivity contribution in [2.24, 2.45) is 0 Å². The second-order valence-electron chi connectivity index (χ2n) is 3.51. The van der Waals surface area contributed by atoms with Crippen molar-refractivity contribution in [3.05, 3.63) is 29.9 Å². The summed E-state index contributed by atoms with van der Waals surface area (Å²) in [6.07, 6.45) is 0. The number of hydrogen-bond donors (Lipinski definition) is 1. The Balaban J connectivity index is 2.35. The highest BCUT2D eigenvalue weighted by molar-refractivity contribution is 5.96. The third-order valence-electron chi connectivity index (χ3n) is 2.34. The van der Waals surface area contributed by atoms with Gasteiger partial charge in [0, 0.05) is 18.4 Å². The molecule has 5 nitrogen and oxygen atoms in total. The molecule has 0 aliphatic carbocycles. The number of hydrogen-bond acceptors (Lipinski definition) is 4. The number of carbonyl (C=O) groups is 1. The van der Waals surface area contributed by atoms with Crippen molar-refractivity contribution in [3.63, 3.8) is 0 Å². The highest BCUT2D eigenvalue weighted by Crippen LogP contribution is 2.25. The first kappa shape index (κ1) is 8.96. The Morgan fingerprint density at radius 3 is 2.81 bits per heavy atom. The van der Waals surface area contributed by atoms with Gasteiger partial charge in [-0.2, -0.15) is 0 Å². The van der Waals surface area contributed by atoms with E-state index >= 15 is 0 Å². The van der Waals surface area contributed by atoms with Crippen LogP contribution in [0.15, 0.2) is 27.0 Å². The highest BCUT2D eigenvalue weighted by Gasteiger charge is 2.12. The second kappa shape index (κ2) is 2.85. The largest absolute Gasteiger partial charge is 0.475 e. The van der Waals surface area contributed by atoms with Crippen molar-refractivity contribution in [1.29, 1.82) is 0 Å². The molecule has 3 aromatic rings. The molecule has 0 atom stereocenters. The number of carboxylic acids is 1. The van der Waals surface area contributed by atoms with Crippen molar-refractivity contribution in [2.75, 3.05) is 0 Å². The SMILES string of the molecule is Cc1nc2cc3cc(C(=O)O)oc3cc2o1. The minimum atomic E-state index is -1.09. The fourth-order valence-electron chi connectivity index (χ4n) is 1.68. The molecule has 0 bridgehead atoms. The maximum atomic E-state index is 10.7. The quantitative estimate of drug-likeness (QED) is 0.677. The van der Waals surface area contributed by atoms with E-state index in [1.54, 1.807) is 19.1 Å². The van der Waals surface area contributed by atoms with Crippen molar-refractivity contribution < 1.29 is 18.7 Å². The minimum Gasteiger partial charge on any atom is -0.475 e. The lowest BCUT2D eigenvalue weighted by molar-refractivity contribution is 0.0665. The maximum Gasteiger partial charge on any atom is 0.371 e. The zero-order valence-electron chi connectivity index (χ0n) is 8.35. The van der Waals surface area contributed by atoms with Crippen LogP contribution in [-0.2, 0) is 0 Å². The molecule has 2 aromatic heterocycles. The number of benzene rings is 1. The van der Waals surface area contributed by atoms with E-state index in [4.69, 9.17) is 13.9 Å². The fourth-order valence-corrected chi connectivity index (χ4v) is 1.68. The summed E-state index contributed by atoms with van der Waals surface area (Å²) in [5.41, 5.74) is 1.78. The third kappa shape index (κ3) is 1.18. The number of aryl methyl sites for hydroxylation is 1. The molecule has 0 radical (unpaired) electrons. The van der Waals surface area contributed by atoms with Gasteiger partial charge in [-0.05, 0) is 12.1 Å². The summed E-state index contributed by atoms with van der Waals surface area (Å²) < 4.78 is 10.5. The lowest BCUT2D eigenvalue weighted by atomic mass is 10.2. The van der Waals surface area contributed by atoms with Crippen LogP contribution in [0, 0.1) is 6.92 Å². The van der Waals surface area contributed by atoms with Gasteiger partial charge >= 0.3 is 5.97 Å². The number of aromatic carboxylic acids is 1. The average Bonchev–Trinajstić information content (AvgIpc) is 2.74. The summed E-state index contributed by atoms with van der Waals surface area (Å²) in [5, 5.41) is 9.49. The monoisotopic (exact) mass is 217 g/mol. The smallest absolute Gasteiger partial charge is 0.371 e. The minimum absolute atomic E-state index is 0.0839. The Labute approximate surface area is 89.3 Å². The van der Waals surface area contributed by atoms with Crippen LogP contribution in [-0.4, -0.2) is 16.1 Å². The van der Waals surface area contributed by atoms with Crippen molar-refractivity contribution in [2.45, 2.75) is 6.92 Å². The predicted octanol–water partition coefficient (Wildman–Crippen LogP) is 2.58. The Morgan fingerprint density at radius 2 is 2.06 bits per heavy atom. The van der Waals surface area contributed by atoms with E-state index in [2.05, 4.69) is 4.98 Å². The van der Waals surface area contributed by atoms with Crippen LogP contribution in [0.1, 0.15) is 16.4 Å². The lowest BCUT2D eigenvalue weighted by Crippen LogP contribution is -1.91. The molecule has 5 heteroatoms. The number of fused-ring (bicyclic) bond motifs is 2. The van der Waals surface area contributed by atoms with Crippen LogP contribution >= 0.6 is 0 Å². The molecular formula is C11H7NO4. The summed E-state index contributed by atoms with van der Waals surface area (Å²) in [5.74, 6) is -0.600. The van der Waals surface area contributed by atoms with Crippen LogP contribution < -0.4 is 0 Å². The summed E-state index contributed by atoms with van der Waals surface area (Å²) in [7, 11) is 0. The first-order valence-electron chi connectivity index (χ1n) is 4.67. The van der Waals surface area contributed by atoms with Crippen LogP contribution in [0.2, 0.25) is 0 Å². The maximum absolute atomic E-state index is 10.7. The molecule has 0 saturated carbocycles. The summed E-state index contributed by atoms with van der Waals surface area (Å²) in [4.78, 5) is 14.9. The summed E-state index contributed by atoms with van der Waals surface area (Å²) in [6.45, 7) is 1.75. The normalized spacial score (nSPS) is 11.3. The van der Waals surface area contributed by atoms with Crippen molar-refractivity contribution in [3.8, 4) is 0 Å². The zero-order chi connectivity index (χ0) is 11.3. The number of aromatic nitrogens is 1. The van der Waals surface area contributed by atoms with Crippen molar-refractivity contribution >= 4 is 28.0 Å². The molecule has 0 saturated heterocycles. The Bertz CT molecular complexity index is 656. The average molecular weight is 217 g/mol. The van der Waals surface area contributed by atoms with E-state index in [0.717, 1.165) is 0 Å². The molecule has 0 amide bonds. The summed E-state index contributed by atoms with van der Waals surface area (Å²) in [6, 6.07) is 4.87.